The molecule has 1 aliphatic carbocycles. The summed E-state index contributed by atoms with van der Waals surface area (Å²) in [5.41, 5.74) is 6.81. The molecule has 0 radical (unpaired) electrons. The van der Waals surface area contributed by atoms with Crippen LogP contribution in [0, 0.1) is 12.7 Å². The van der Waals surface area contributed by atoms with Gasteiger partial charge in [0.25, 0.3) is 8.32 Å². The largest absolute Gasteiger partial charge is 0.511 e. The number of aromatic nitrogens is 1. The van der Waals surface area contributed by atoms with Crippen LogP contribution in [0.2, 0.25) is 5.04 Å². The molecule has 0 saturated heterocycles. The average Bonchev–Trinajstić information content (AvgIpc) is 3.99. The van der Waals surface area contributed by atoms with Crippen molar-refractivity contribution in [3.8, 4) is 22.4 Å². The Balaban J connectivity index is 1.32. The molecule has 1 aliphatic rings. The van der Waals surface area contributed by atoms with Gasteiger partial charge in [-0.3, -0.25) is 9.78 Å². The maximum absolute atomic E-state index is 14.2. The van der Waals surface area contributed by atoms with E-state index in [1.807, 2.05) is 97.9 Å². The first-order valence-electron chi connectivity index (χ1n) is 18.0. The molecule has 4 aromatic carbocycles. The number of benzene rings is 4. The van der Waals surface area contributed by atoms with Gasteiger partial charge in [0.2, 0.25) is 6.16 Å². The third-order valence-electron chi connectivity index (χ3n) is 9.86. The van der Waals surface area contributed by atoms with E-state index < -0.39 is 33.5 Å². The molecule has 9 heteroatoms. The Hall–Kier alpha value is -4.59. The van der Waals surface area contributed by atoms with Crippen LogP contribution in [0.5, 0.6) is 0 Å². The molecule has 0 amide bonds. The van der Waals surface area contributed by atoms with Crippen LogP contribution in [0.15, 0.2) is 122 Å². The fourth-order valence-electron chi connectivity index (χ4n) is 7.28. The molecule has 0 spiro atoms. The molecular formula is C44H46FNO5PSi+. The predicted octanol–water partition coefficient (Wildman–Crippen LogP) is 9.93. The normalized spacial score (nSPS) is 14.1. The van der Waals surface area contributed by atoms with E-state index in [0.29, 0.717) is 5.57 Å². The molecule has 1 saturated carbocycles. The number of rotatable bonds is 15. The molecule has 1 heterocycles. The summed E-state index contributed by atoms with van der Waals surface area (Å²) in [6.45, 7) is 12.7. The highest BCUT2D eigenvalue weighted by molar-refractivity contribution is 7.39. The molecule has 2 atom stereocenters. The zero-order valence-corrected chi connectivity index (χ0v) is 32.6. The fourth-order valence-corrected chi connectivity index (χ4v) is 13.0. The predicted molar refractivity (Wildman–Crippen MR) is 214 cm³/mol. The van der Waals surface area contributed by atoms with Crippen molar-refractivity contribution >= 4 is 38.3 Å². The summed E-state index contributed by atoms with van der Waals surface area (Å²) in [5.74, 6) is -1.14. The molecule has 1 aromatic heterocycles. The van der Waals surface area contributed by atoms with E-state index in [0.717, 1.165) is 62.4 Å². The fraction of sp³-hybridized carbons (Fsp3) is 0.273. The zero-order valence-electron chi connectivity index (χ0n) is 30.7. The van der Waals surface area contributed by atoms with Crippen LogP contribution in [0.3, 0.4) is 0 Å². The Morgan fingerprint density at radius 3 is 1.96 bits per heavy atom. The summed E-state index contributed by atoms with van der Waals surface area (Å²) < 4.78 is 41.2. The first kappa shape index (κ1) is 38.1. The molecule has 0 aliphatic heterocycles. The van der Waals surface area contributed by atoms with Gasteiger partial charge in [0.05, 0.1) is 17.8 Å². The summed E-state index contributed by atoms with van der Waals surface area (Å²) in [5, 5.41) is 11.6. The van der Waals surface area contributed by atoms with Crippen molar-refractivity contribution in [1.29, 1.82) is 0 Å². The quantitative estimate of drug-likeness (QED) is 0.0848. The Bertz CT molecular complexity index is 2040. The molecule has 5 aromatic rings. The molecule has 1 fully saturated rings. The zero-order chi connectivity index (χ0) is 37.8. The number of nitrogens with zero attached hydrogens (tertiary/aromatic N) is 1. The van der Waals surface area contributed by atoms with Crippen LogP contribution in [-0.2, 0) is 18.3 Å². The first-order valence-corrected chi connectivity index (χ1v) is 21.3. The molecule has 6 nitrogen and oxygen atoms in total. The topological polar surface area (TPSA) is 85.7 Å². The van der Waals surface area contributed by atoms with Crippen LogP contribution in [-0.4, -0.2) is 43.2 Å². The average molecular weight is 747 g/mol. The smallest absolute Gasteiger partial charge is 0.481 e. The lowest BCUT2D eigenvalue weighted by molar-refractivity contribution is -0.138. The third-order valence-corrected chi connectivity index (χ3v) is 16.1. The second kappa shape index (κ2) is 16.2. The summed E-state index contributed by atoms with van der Waals surface area (Å²) in [7, 11) is -5.52. The summed E-state index contributed by atoms with van der Waals surface area (Å²) >= 11 is 0. The Morgan fingerprint density at radius 1 is 0.906 bits per heavy atom. The highest BCUT2D eigenvalue weighted by atomic mass is 31.1. The van der Waals surface area contributed by atoms with Crippen LogP contribution in [0.1, 0.15) is 62.8 Å². The van der Waals surface area contributed by atoms with Crippen molar-refractivity contribution in [3.05, 3.63) is 144 Å². The second-order valence-corrected chi connectivity index (χ2v) is 20.3. The van der Waals surface area contributed by atoms with E-state index >= 15 is 0 Å². The van der Waals surface area contributed by atoms with Gasteiger partial charge in [-0.1, -0.05) is 130 Å². The minimum Gasteiger partial charge on any atom is -0.481 e. The van der Waals surface area contributed by atoms with Gasteiger partial charge in [-0.25, -0.2) is 4.39 Å². The number of hydrogen-bond acceptors (Lipinski definition) is 5. The third kappa shape index (κ3) is 8.47. The molecule has 53 heavy (non-hydrogen) atoms. The van der Waals surface area contributed by atoms with E-state index in [2.05, 4.69) is 27.4 Å². The van der Waals surface area contributed by atoms with Crippen molar-refractivity contribution in [2.75, 3.05) is 12.8 Å². The summed E-state index contributed by atoms with van der Waals surface area (Å²) in [6, 6.07) is 36.4. The standard InChI is InChI=1S/C44H45FNO5PSi/c1-30(40-41(32-23-25-35(45)26-24-32)31(2)42(33-15-9-6-10-16-33)46-43(40)34-21-22-34)28-50-52(49)29-36(27-39(47)48)51-53(44(3,4)5,37-17-11-7-12-18-37)38-19-13-8-14-20-38/h6-20,23-26,34,36H,1,21-22,27-29H2,2-5H3/p+1/t36-/m0/s1. The molecule has 1 N–H and O–H groups in total. The number of carboxylic acid groups (broad SMARTS) is 1. The van der Waals surface area contributed by atoms with Gasteiger partial charge in [0, 0.05) is 17.0 Å². The van der Waals surface area contributed by atoms with Crippen molar-refractivity contribution in [1.82, 2.24) is 4.98 Å². The molecular weight excluding hydrogens is 701 g/mol. The van der Waals surface area contributed by atoms with Gasteiger partial charge in [-0.15, -0.1) is 4.52 Å². The number of aliphatic carboxylic acids is 1. The molecule has 6 rings (SSSR count). The van der Waals surface area contributed by atoms with Crippen LogP contribution in [0.4, 0.5) is 4.39 Å². The first-order chi connectivity index (χ1) is 25.4. The number of carboxylic acids is 1. The number of halogens is 1. The summed E-state index contributed by atoms with van der Waals surface area (Å²) in [4.78, 5) is 17.5. The Kier molecular flexibility index (Phi) is 11.7. The molecule has 0 bridgehead atoms. The Morgan fingerprint density at radius 2 is 1.45 bits per heavy atom. The Labute approximate surface area is 313 Å². The van der Waals surface area contributed by atoms with Gasteiger partial charge in [-0.2, -0.15) is 0 Å². The second-order valence-electron chi connectivity index (χ2n) is 14.8. The van der Waals surface area contributed by atoms with E-state index in [1.165, 1.54) is 12.1 Å². The number of hydrogen-bond donors (Lipinski definition) is 1. The lowest BCUT2D eigenvalue weighted by Gasteiger charge is -2.44. The molecule has 1 unspecified atom stereocenters. The lowest BCUT2D eigenvalue weighted by atomic mass is 9.87. The van der Waals surface area contributed by atoms with Crippen molar-refractivity contribution in [2.45, 2.75) is 64.0 Å². The van der Waals surface area contributed by atoms with Gasteiger partial charge in [0.15, 0.2) is 0 Å². The van der Waals surface area contributed by atoms with E-state index in [-0.39, 0.29) is 30.9 Å². The van der Waals surface area contributed by atoms with Crippen LogP contribution < -0.4 is 10.4 Å². The minimum atomic E-state index is -3.15. The maximum Gasteiger partial charge on any atom is 0.511 e. The molecule has 272 valence electrons. The van der Waals surface area contributed by atoms with Gasteiger partial charge >= 0.3 is 14.0 Å². The van der Waals surface area contributed by atoms with Crippen molar-refractivity contribution < 1.29 is 27.8 Å². The van der Waals surface area contributed by atoms with Gasteiger partial charge in [0.1, 0.15) is 18.5 Å². The summed E-state index contributed by atoms with van der Waals surface area (Å²) in [6.07, 6.45) is 0.643. The minimum absolute atomic E-state index is 0.0616. The number of carbonyl (C=O) groups is 1. The SMILES string of the molecule is C=C(CO[P+](=O)C[C@H](CC(=O)O)O[Si](c1ccccc1)(c1ccccc1)C(C)(C)C)c1c(C2CC2)nc(-c2ccccc2)c(C)c1-c1ccc(F)cc1. The van der Waals surface area contributed by atoms with Gasteiger partial charge in [-0.05, 0) is 74.1 Å². The van der Waals surface area contributed by atoms with Crippen LogP contribution in [0.25, 0.3) is 28.0 Å². The van der Waals surface area contributed by atoms with Crippen LogP contribution >= 0.6 is 8.03 Å². The monoisotopic (exact) mass is 746 g/mol. The van der Waals surface area contributed by atoms with Crippen molar-refractivity contribution in [2.24, 2.45) is 0 Å². The highest BCUT2D eigenvalue weighted by Crippen LogP contribution is 2.48. The van der Waals surface area contributed by atoms with E-state index in [4.69, 9.17) is 13.9 Å². The number of pyridine rings is 1. The van der Waals surface area contributed by atoms with E-state index in [1.54, 1.807) is 12.1 Å². The van der Waals surface area contributed by atoms with Crippen molar-refractivity contribution in [3.63, 3.8) is 0 Å². The van der Waals surface area contributed by atoms with Gasteiger partial charge < -0.3 is 9.53 Å². The van der Waals surface area contributed by atoms with E-state index in [9.17, 15) is 18.9 Å². The highest BCUT2D eigenvalue weighted by Gasteiger charge is 2.52. The maximum atomic E-state index is 14.2. The lowest BCUT2D eigenvalue weighted by Crippen LogP contribution is -2.68.